The molecule has 0 bridgehead atoms. The molecule has 0 aliphatic carbocycles. The molecule has 0 amide bonds. The lowest BCUT2D eigenvalue weighted by Crippen LogP contribution is -2.19. The average Bonchev–Trinajstić information content (AvgIpc) is 2.53. The van der Waals surface area contributed by atoms with Gasteiger partial charge in [0.2, 0.25) is 0 Å². The summed E-state index contributed by atoms with van der Waals surface area (Å²) in [5.41, 5.74) is 1.14. The van der Waals surface area contributed by atoms with Gasteiger partial charge in [-0.15, -0.1) is 0 Å². The minimum absolute atomic E-state index is 0.346. The molecule has 0 saturated heterocycles. The molecular weight excluding hydrogens is 174 g/mol. The zero-order valence-corrected chi connectivity index (χ0v) is 9.42. The molecule has 0 aromatic heterocycles. The predicted molar refractivity (Wildman–Crippen MR) is 61.7 cm³/mol. The van der Waals surface area contributed by atoms with Crippen LogP contribution in [0.5, 0.6) is 0 Å². The molecule has 0 aromatic carbocycles. The van der Waals surface area contributed by atoms with Gasteiger partial charge in [0.1, 0.15) is 6.10 Å². The Morgan fingerprint density at radius 2 is 1.93 bits per heavy atom. The fraction of sp³-hybridized carbons (Fsp3) is 0.667. The van der Waals surface area contributed by atoms with E-state index in [4.69, 9.17) is 4.74 Å². The van der Waals surface area contributed by atoms with E-state index in [1.54, 1.807) is 6.21 Å². The van der Waals surface area contributed by atoms with Crippen molar-refractivity contribution < 1.29 is 4.74 Å². The molecule has 1 aliphatic heterocycles. The van der Waals surface area contributed by atoms with Gasteiger partial charge < -0.3 is 4.74 Å². The summed E-state index contributed by atoms with van der Waals surface area (Å²) < 4.78 is 10.1. The highest BCUT2D eigenvalue weighted by Gasteiger charge is 2.22. The van der Waals surface area contributed by atoms with Crippen molar-refractivity contribution in [1.29, 1.82) is 0 Å². The Labute approximate surface area is 86.4 Å². The maximum absolute atomic E-state index is 5.85. The van der Waals surface area contributed by atoms with Crippen LogP contribution in [0.25, 0.3) is 0 Å². The van der Waals surface area contributed by atoms with Crippen molar-refractivity contribution in [3.8, 4) is 0 Å². The number of hydrogen-bond donors (Lipinski definition) is 0. The van der Waals surface area contributed by atoms with Gasteiger partial charge in [-0.05, 0) is 24.4 Å². The van der Waals surface area contributed by atoms with Crippen LogP contribution in [0, 0.1) is 0 Å². The van der Waals surface area contributed by atoms with Gasteiger partial charge in [-0.3, -0.25) is 0 Å². The molecule has 1 heterocycles. The summed E-state index contributed by atoms with van der Waals surface area (Å²) in [5, 5.41) is 0. The lowest BCUT2D eigenvalue weighted by molar-refractivity contribution is 0.166. The summed E-state index contributed by atoms with van der Waals surface area (Å²) in [7, 11) is 0. The maximum atomic E-state index is 5.85. The molecule has 1 rings (SSSR count). The molecule has 2 nitrogen and oxygen atoms in total. The molecular formula is C12H20NO+. The second-order valence-corrected chi connectivity index (χ2v) is 3.75. The number of rotatable bonds is 5. The van der Waals surface area contributed by atoms with Crippen LogP contribution in [0.4, 0.5) is 0 Å². The fourth-order valence-corrected chi connectivity index (χ4v) is 1.58. The van der Waals surface area contributed by atoms with Gasteiger partial charge in [-0.2, -0.15) is 0 Å². The Bertz CT molecular complexity index is 266. The van der Waals surface area contributed by atoms with E-state index in [0.717, 1.165) is 24.3 Å². The maximum Gasteiger partial charge on any atom is 0.490 e. The van der Waals surface area contributed by atoms with Crippen LogP contribution in [-0.4, -0.2) is 18.2 Å². The normalized spacial score (nSPS) is 14.6. The molecule has 0 N–H and O–H groups in total. The number of nitrogens with zero attached hydrogens (tertiary/aromatic N) is 1. The first-order valence-electron chi connectivity index (χ1n) is 5.52. The Hall–Kier alpha value is -1.01. The second kappa shape index (κ2) is 5.66. The van der Waals surface area contributed by atoms with Crippen LogP contribution in [0.2, 0.25) is 0 Å². The van der Waals surface area contributed by atoms with E-state index in [-0.39, 0.29) is 0 Å². The predicted octanol–water partition coefficient (Wildman–Crippen LogP) is 2.47. The molecule has 0 radical (unpaired) electrons. The van der Waals surface area contributed by atoms with E-state index in [9.17, 15) is 0 Å². The number of hydrogen-bond acceptors (Lipinski definition) is 1. The lowest BCUT2D eigenvalue weighted by Gasteiger charge is -2.13. The number of allylic oxidation sites excluding steroid dienone is 1. The van der Waals surface area contributed by atoms with E-state index in [2.05, 4.69) is 18.5 Å². The van der Waals surface area contributed by atoms with Gasteiger partial charge in [-0.1, -0.05) is 26.7 Å². The third-order valence-electron chi connectivity index (χ3n) is 2.35. The summed E-state index contributed by atoms with van der Waals surface area (Å²) in [6, 6.07) is 0. The van der Waals surface area contributed by atoms with Crippen LogP contribution in [0.1, 0.15) is 46.5 Å². The Balaban J connectivity index is 2.47. The largest absolute Gasteiger partial charge is 0.490 e. The SMILES string of the molecule is CCCC(CCC)OC1=[N+]=CC=C1C. The Morgan fingerprint density at radius 1 is 1.29 bits per heavy atom. The number of ether oxygens (including phenoxy) is 1. The highest BCUT2D eigenvalue weighted by atomic mass is 16.5. The van der Waals surface area contributed by atoms with Crippen molar-refractivity contribution in [3.63, 3.8) is 0 Å². The van der Waals surface area contributed by atoms with E-state index in [1.807, 2.05) is 13.0 Å². The summed E-state index contributed by atoms with van der Waals surface area (Å²) in [6.07, 6.45) is 8.73. The summed E-state index contributed by atoms with van der Waals surface area (Å²) in [5.74, 6) is 0.817. The molecule has 2 heteroatoms. The van der Waals surface area contributed by atoms with E-state index in [0.29, 0.717) is 6.10 Å². The van der Waals surface area contributed by atoms with E-state index in [1.165, 1.54) is 12.8 Å². The molecule has 0 atom stereocenters. The molecule has 1 aliphatic rings. The topological polar surface area (TPSA) is 23.3 Å². The molecule has 0 unspecified atom stereocenters. The third kappa shape index (κ3) is 3.04. The van der Waals surface area contributed by atoms with Crippen LogP contribution >= 0.6 is 0 Å². The van der Waals surface area contributed by atoms with Gasteiger partial charge in [0.25, 0.3) is 6.21 Å². The summed E-state index contributed by atoms with van der Waals surface area (Å²) >= 11 is 0. The second-order valence-electron chi connectivity index (χ2n) is 3.75. The highest BCUT2D eigenvalue weighted by molar-refractivity contribution is 6.02. The monoisotopic (exact) mass is 194 g/mol. The first kappa shape index (κ1) is 11.1. The summed E-state index contributed by atoms with van der Waals surface area (Å²) in [6.45, 7) is 6.42. The first-order valence-corrected chi connectivity index (χ1v) is 5.52. The van der Waals surface area contributed by atoms with E-state index < -0.39 is 0 Å². The fourth-order valence-electron chi connectivity index (χ4n) is 1.58. The minimum atomic E-state index is 0.346. The smallest absolute Gasteiger partial charge is 0.428 e. The molecule has 14 heavy (non-hydrogen) atoms. The average molecular weight is 194 g/mol. The first-order chi connectivity index (χ1) is 6.77. The van der Waals surface area contributed by atoms with Gasteiger partial charge in [0.05, 0.1) is 5.57 Å². The van der Waals surface area contributed by atoms with Crippen molar-refractivity contribution >= 4 is 12.1 Å². The minimum Gasteiger partial charge on any atom is -0.428 e. The molecule has 0 saturated carbocycles. The quantitative estimate of drug-likeness (QED) is 0.617. The highest BCUT2D eigenvalue weighted by Crippen LogP contribution is 2.12. The van der Waals surface area contributed by atoms with E-state index >= 15 is 0 Å². The zero-order chi connectivity index (χ0) is 10.4. The Kier molecular flexibility index (Phi) is 4.48. The van der Waals surface area contributed by atoms with Gasteiger partial charge >= 0.3 is 5.90 Å². The van der Waals surface area contributed by atoms with Gasteiger partial charge in [0, 0.05) is 6.08 Å². The zero-order valence-electron chi connectivity index (χ0n) is 9.42. The molecule has 0 fully saturated rings. The van der Waals surface area contributed by atoms with Gasteiger partial charge in [0.15, 0.2) is 0 Å². The molecule has 0 spiro atoms. The van der Waals surface area contributed by atoms with Crippen molar-refractivity contribution in [2.24, 2.45) is 0 Å². The third-order valence-corrected chi connectivity index (χ3v) is 2.35. The van der Waals surface area contributed by atoms with Crippen LogP contribution in [0.15, 0.2) is 11.6 Å². The van der Waals surface area contributed by atoms with Crippen LogP contribution in [-0.2, 0) is 4.74 Å². The lowest BCUT2D eigenvalue weighted by atomic mass is 10.1. The molecule has 0 aromatic rings. The van der Waals surface area contributed by atoms with Crippen LogP contribution in [0.3, 0.4) is 0 Å². The van der Waals surface area contributed by atoms with Crippen molar-refractivity contribution in [2.75, 3.05) is 0 Å². The molecule has 78 valence electrons. The summed E-state index contributed by atoms with van der Waals surface area (Å²) in [4.78, 5) is 0. The van der Waals surface area contributed by atoms with Crippen molar-refractivity contribution in [3.05, 3.63) is 11.6 Å². The van der Waals surface area contributed by atoms with Gasteiger partial charge in [-0.25, -0.2) is 0 Å². The Morgan fingerprint density at radius 3 is 2.36 bits per heavy atom. The van der Waals surface area contributed by atoms with Crippen molar-refractivity contribution in [1.82, 2.24) is 4.67 Å². The standard InChI is InChI=1S/C12H20NO/c1-4-6-11(7-5-2)14-12-10(3)8-9-13-12/h8-9,11H,4-7H2,1-3H3/q+1. The van der Waals surface area contributed by atoms with Crippen molar-refractivity contribution in [2.45, 2.75) is 52.6 Å². The van der Waals surface area contributed by atoms with Crippen LogP contribution < -0.4 is 4.67 Å².